The molecule has 0 saturated heterocycles. The number of rotatable bonds is 0. The first-order valence-corrected chi connectivity index (χ1v) is 5.00. The van der Waals surface area contributed by atoms with E-state index in [0.29, 0.717) is 0 Å². The third-order valence-corrected chi connectivity index (χ3v) is 2.97. The second-order valence-corrected chi connectivity index (χ2v) is 3.82. The van der Waals surface area contributed by atoms with Gasteiger partial charge in [0.15, 0.2) is 0 Å². The molecule has 3 heteroatoms. The van der Waals surface area contributed by atoms with Crippen LogP contribution in [0.4, 0.5) is 0 Å². The molecule has 0 atom stereocenters. The van der Waals surface area contributed by atoms with Gasteiger partial charge in [-0.3, -0.25) is 0 Å². The summed E-state index contributed by atoms with van der Waals surface area (Å²) < 4.78 is 6.62. The minimum atomic E-state index is 0.927. The Kier molecular flexibility index (Phi) is 1.40. The Labute approximate surface area is 79.5 Å². The number of hydrogen-bond acceptors (Lipinski definition) is 3. The number of nitrogens with zero attached hydrogens (tertiary/aromatic N) is 1. The van der Waals surface area contributed by atoms with Crippen molar-refractivity contribution in [2.75, 3.05) is 0 Å². The average Bonchev–Trinajstić information content (AvgIpc) is 2.65. The van der Waals surface area contributed by atoms with Gasteiger partial charge in [-0.2, -0.15) is 0 Å². The van der Waals surface area contributed by atoms with E-state index in [1.807, 2.05) is 17.7 Å². The monoisotopic (exact) mass is 189 g/mol. The molecule has 0 fully saturated rings. The van der Waals surface area contributed by atoms with Gasteiger partial charge in [0.1, 0.15) is 5.75 Å². The molecule has 1 aromatic heterocycles. The standard InChI is InChI=1S/C10H7NOS/c1-2-7-8(12-5-1)3-4-9-10(7)11-6-13-9/h1,3-6H,2H2. The second-order valence-electron chi connectivity index (χ2n) is 2.94. The summed E-state index contributed by atoms with van der Waals surface area (Å²) in [7, 11) is 0. The Morgan fingerprint density at radius 3 is 3.38 bits per heavy atom. The van der Waals surface area contributed by atoms with Crippen LogP contribution in [0, 0.1) is 0 Å². The maximum Gasteiger partial charge on any atom is 0.132 e. The SMILES string of the molecule is C1=COc2ccc3scnc3c2C1. The van der Waals surface area contributed by atoms with E-state index in [0.717, 1.165) is 17.7 Å². The largest absolute Gasteiger partial charge is 0.465 e. The fourth-order valence-corrected chi connectivity index (χ4v) is 2.27. The maximum absolute atomic E-state index is 5.38. The lowest BCUT2D eigenvalue weighted by molar-refractivity contribution is 0.466. The van der Waals surface area contributed by atoms with Gasteiger partial charge in [-0.05, 0) is 24.6 Å². The molecule has 2 aromatic rings. The Balaban J connectivity index is 2.38. The highest BCUT2D eigenvalue weighted by Gasteiger charge is 2.11. The van der Waals surface area contributed by atoms with Crippen molar-refractivity contribution in [1.29, 1.82) is 0 Å². The number of allylic oxidation sites excluding steroid dienone is 1. The predicted octanol–water partition coefficient (Wildman–Crippen LogP) is 2.74. The highest BCUT2D eigenvalue weighted by molar-refractivity contribution is 7.16. The van der Waals surface area contributed by atoms with E-state index in [1.165, 1.54) is 10.3 Å². The van der Waals surface area contributed by atoms with Gasteiger partial charge >= 0.3 is 0 Å². The van der Waals surface area contributed by atoms with Crippen LogP contribution in [0.2, 0.25) is 0 Å². The first kappa shape index (κ1) is 7.09. The van der Waals surface area contributed by atoms with Crippen LogP contribution in [0.15, 0.2) is 30.0 Å². The van der Waals surface area contributed by atoms with Crippen LogP contribution in [0.3, 0.4) is 0 Å². The fourth-order valence-electron chi connectivity index (χ4n) is 1.56. The third-order valence-electron chi connectivity index (χ3n) is 2.18. The van der Waals surface area contributed by atoms with E-state index in [-0.39, 0.29) is 0 Å². The summed E-state index contributed by atoms with van der Waals surface area (Å²) in [6.45, 7) is 0. The van der Waals surface area contributed by atoms with Crippen LogP contribution in [0.1, 0.15) is 5.56 Å². The molecule has 1 aromatic carbocycles. The van der Waals surface area contributed by atoms with Gasteiger partial charge < -0.3 is 4.74 Å². The van der Waals surface area contributed by atoms with Crippen LogP contribution in [0.5, 0.6) is 5.75 Å². The van der Waals surface area contributed by atoms with E-state index in [4.69, 9.17) is 4.74 Å². The molecular formula is C10H7NOS. The van der Waals surface area contributed by atoms with Gasteiger partial charge in [-0.1, -0.05) is 0 Å². The molecule has 64 valence electrons. The van der Waals surface area contributed by atoms with Gasteiger partial charge in [0.25, 0.3) is 0 Å². The van der Waals surface area contributed by atoms with Crippen LogP contribution >= 0.6 is 11.3 Å². The number of hydrogen-bond donors (Lipinski definition) is 0. The van der Waals surface area contributed by atoms with Crippen molar-refractivity contribution >= 4 is 21.6 Å². The summed E-state index contributed by atoms with van der Waals surface area (Å²) in [5.41, 5.74) is 4.18. The first-order valence-electron chi connectivity index (χ1n) is 4.12. The van der Waals surface area contributed by atoms with Crippen molar-refractivity contribution in [3.63, 3.8) is 0 Å². The van der Waals surface area contributed by atoms with Crippen molar-refractivity contribution in [2.45, 2.75) is 6.42 Å². The smallest absolute Gasteiger partial charge is 0.132 e. The number of fused-ring (bicyclic) bond motifs is 3. The molecule has 1 aliphatic heterocycles. The van der Waals surface area contributed by atoms with Crippen LogP contribution in [0.25, 0.3) is 10.2 Å². The molecular weight excluding hydrogens is 182 g/mol. The summed E-state index contributed by atoms with van der Waals surface area (Å²) in [4.78, 5) is 4.34. The topological polar surface area (TPSA) is 22.1 Å². The van der Waals surface area contributed by atoms with E-state index < -0.39 is 0 Å². The third kappa shape index (κ3) is 0.971. The Hall–Kier alpha value is -1.35. The maximum atomic E-state index is 5.38. The summed E-state index contributed by atoms with van der Waals surface area (Å²) in [6, 6.07) is 4.07. The van der Waals surface area contributed by atoms with Gasteiger partial charge in [-0.15, -0.1) is 11.3 Å². The van der Waals surface area contributed by atoms with E-state index in [1.54, 1.807) is 17.6 Å². The van der Waals surface area contributed by atoms with Gasteiger partial charge in [-0.25, -0.2) is 4.98 Å². The van der Waals surface area contributed by atoms with Crippen LogP contribution in [-0.4, -0.2) is 4.98 Å². The zero-order chi connectivity index (χ0) is 8.67. The van der Waals surface area contributed by atoms with Crippen molar-refractivity contribution in [2.24, 2.45) is 0 Å². The van der Waals surface area contributed by atoms with E-state index >= 15 is 0 Å². The summed E-state index contributed by atoms with van der Waals surface area (Å²) in [6.07, 6.45) is 4.68. The minimum Gasteiger partial charge on any atom is -0.465 e. The molecule has 13 heavy (non-hydrogen) atoms. The molecule has 0 N–H and O–H groups in total. The highest BCUT2D eigenvalue weighted by Crippen LogP contribution is 2.31. The fraction of sp³-hybridized carbons (Fsp3) is 0.100. The molecule has 0 spiro atoms. The zero-order valence-electron chi connectivity index (χ0n) is 6.86. The number of ether oxygens (including phenoxy) is 1. The molecule has 0 amide bonds. The molecule has 0 radical (unpaired) electrons. The van der Waals surface area contributed by atoms with Gasteiger partial charge in [0.2, 0.25) is 0 Å². The molecule has 0 unspecified atom stereocenters. The first-order chi connectivity index (χ1) is 6.45. The van der Waals surface area contributed by atoms with Crippen molar-refractivity contribution < 1.29 is 4.74 Å². The molecule has 0 bridgehead atoms. The van der Waals surface area contributed by atoms with Crippen LogP contribution < -0.4 is 4.74 Å². The zero-order valence-corrected chi connectivity index (χ0v) is 7.67. The van der Waals surface area contributed by atoms with Gasteiger partial charge in [0.05, 0.1) is 22.0 Å². The molecule has 0 aliphatic carbocycles. The highest BCUT2D eigenvalue weighted by atomic mass is 32.1. The Morgan fingerprint density at radius 2 is 2.38 bits per heavy atom. The van der Waals surface area contributed by atoms with Crippen molar-refractivity contribution in [3.8, 4) is 5.75 Å². The number of benzene rings is 1. The molecule has 3 rings (SSSR count). The molecule has 2 nitrogen and oxygen atoms in total. The lowest BCUT2D eigenvalue weighted by Gasteiger charge is -2.11. The molecule has 2 heterocycles. The number of aromatic nitrogens is 1. The summed E-state index contributed by atoms with van der Waals surface area (Å²) >= 11 is 1.67. The van der Waals surface area contributed by atoms with E-state index in [9.17, 15) is 0 Å². The van der Waals surface area contributed by atoms with Gasteiger partial charge in [0, 0.05) is 5.56 Å². The molecule has 1 aliphatic rings. The predicted molar refractivity (Wildman–Crippen MR) is 53.1 cm³/mol. The molecule has 0 saturated carbocycles. The second kappa shape index (κ2) is 2.57. The minimum absolute atomic E-state index is 0.927. The van der Waals surface area contributed by atoms with Crippen LogP contribution in [-0.2, 0) is 6.42 Å². The quantitative estimate of drug-likeness (QED) is 0.635. The lowest BCUT2D eigenvalue weighted by atomic mass is 10.1. The average molecular weight is 189 g/mol. The van der Waals surface area contributed by atoms with Crippen molar-refractivity contribution in [1.82, 2.24) is 4.98 Å². The Morgan fingerprint density at radius 1 is 1.38 bits per heavy atom. The number of thiazole rings is 1. The summed E-state index contributed by atoms with van der Waals surface area (Å²) in [5.74, 6) is 0.945. The van der Waals surface area contributed by atoms with E-state index in [2.05, 4.69) is 11.1 Å². The summed E-state index contributed by atoms with van der Waals surface area (Å²) in [5, 5.41) is 0. The normalized spacial score (nSPS) is 14.2. The lowest BCUT2D eigenvalue weighted by Crippen LogP contribution is -1.96. The van der Waals surface area contributed by atoms with Crippen molar-refractivity contribution in [3.05, 3.63) is 35.5 Å². The Bertz CT molecular complexity index is 487.